The summed E-state index contributed by atoms with van der Waals surface area (Å²) in [6.07, 6.45) is 0.470. The van der Waals surface area contributed by atoms with Gasteiger partial charge in [-0.2, -0.15) is 0 Å². The highest BCUT2D eigenvalue weighted by atomic mass is 32.1. The Hall–Kier alpha value is -1.43. The SMILES string of the molecule is Cc1cc(C(=O)NC(C)CC(N)=S)no1. The highest BCUT2D eigenvalue weighted by Crippen LogP contribution is 2.02. The van der Waals surface area contributed by atoms with E-state index in [0.29, 0.717) is 17.2 Å². The monoisotopic (exact) mass is 227 g/mol. The summed E-state index contributed by atoms with van der Waals surface area (Å²) in [5.41, 5.74) is 5.62. The Balaban J connectivity index is 2.52. The second kappa shape index (κ2) is 4.88. The molecule has 5 nitrogen and oxygen atoms in total. The van der Waals surface area contributed by atoms with Crippen LogP contribution >= 0.6 is 12.2 Å². The van der Waals surface area contributed by atoms with E-state index in [1.165, 1.54) is 0 Å². The number of nitrogens with zero attached hydrogens (tertiary/aromatic N) is 1. The van der Waals surface area contributed by atoms with E-state index >= 15 is 0 Å². The molecule has 0 aliphatic rings. The lowest BCUT2D eigenvalue weighted by Crippen LogP contribution is -2.35. The van der Waals surface area contributed by atoms with Crippen LogP contribution in [-0.2, 0) is 0 Å². The van der Waals surface area contributed by atoms with Crippen molar-refractivity contribution in [3.8, 4) is 0 Å². The van der Waals surface area contributed by atoms with Crippen LogP contribution in [0.15, 0.2) is 10.6 Å². The molecule has 1 aromatic heterocycles. The molecule has 0 fully saturated rings. The van der Waals surface area contributed by atoms with Gasteiger partial charge in [0.2, 0.25) is 0 Å². The lowest BCUT2D eigenvalue weighted by Gasteiger charge is -2.11. The van der Waals surface area contributed by atoms with Gasteiger partial charge in [0.05, 0.1) is 4.99 Å². The molecule has 0 aliphatic heterocycles. The number of nitrogens with one attached hydrogen (secondary N) is 1. The Kier molecular flexibility index (Phi) is 3.79. The molecule has 1 atom stereocenters. The third-order valence-corrected chi connectivity index (χ3v) is 1.91. The van der Waals surface area contributed by atoms with Gasteiger partial charge in [-0.25, -0.2) is 0 Å². The second-order valence-electron chi connectivity index (χ2n) is 3.37. The highest BCUT2D eigenvalue weighted by molar-refractivity contribution is 7.80. The molecular weight excluding hydrogens is 214 g/mol. The number of amides is 1. The van der Waals surface area contributed by atoms with Crippen LogP contribution in [-0.4, -0.2) is 22.1 Å². The summed E-state index contributed by atoms with van der Waals surface area (Å²) in [4.78, 5) is 11.9. The predicted molar refractivity (Wildman–Crippen MR) is 59.6 cm³/mol. The summed E-state index contributed by atoms with van der Waals surface area (Å²) in [5.74, 6) is 0.317. The van der Waals surface area contributed by atoms with E-state index in [-0.39, 0.29) is 17.6 Å². The lowest BCUT2D eigenvalue weighted by molar-refractivity contribution is 0.0932. The molecule has 0 saturated heterocycles. The summed E-state index contributed by atoms with van der Waals surface area (Å²) < 4.78 is 4.79. The molecule has 3 N–H and O–H groups in total. The molecule has 0 saturated carbocycles. The number of thiocarbonyl (C=S) groups is 1. The highest BCUT2D eigenvalue weighted by Gasteiger charge is 2.13. The van der Waals surface area contributed by atoms with Gasteiger partial charge in [-0.05, 0) is 13.8 Å². The number of nitrogens with two attached hydrogens (primary N) is 1. The Morgan fingerprint density at radius 3 is 2.93 bits per heavy atom. The van der Waals surface area contributed by atoms with E-state index in [4.69, 9.17) is 22.5 Å². The number of carbonyl (C=O) groups is 1. The number of carbonyl (C=O) groups excluding carboxylic acids is 1. The molecule has 0 spiro atoms. The normalized spacial score (nSPS) is 12.1. The number of rotatable bonds is 4. The molecule has 0 bridgehead atoms. The third-order valence-electron chi connectivity index (χ3n) is 1.75. The molecule has 0 aliphatic carbocycles. The lowest BCUT2D eigenvalue weighted by atomic mass is 10.2. The van der Waals surface area contributed by atoms with Crippen LogP contribution in [0.5, 0.6) is 0 Å². The molecule has 0 radical (unpaired) electrons. The number of aromatic nitrogens is 1. The number of aryl methyl sites for hydroxylation is 1. The van der Waals surface area contributed by atoms with Crippen molar-refractivity contribution in [3.05, 3.63) is 17.5 Å². The van der Waals surface area contributed by atoms with E-state index in [1.54, 1.807) is 13.0 Å². The first-order valence-electron chi connectivity index (χ1n) is 4.51. The van der Waals surface area contributed by atoms with Gasteiger partial charge < -0.3 is 15.6 Å². The van der Waals surface area contributed by atoms with Gasteiger partial charge >= 0.3 is 0 Å². The van der Waals surface area contributed by atoms with Crippen molar-refractivity contribution < 1.29 is 9.32 Å². The largest absolute Gasteiger partial charge is 0.393 e. The molecule has 1 amide bonds. The summed E-state index contributed by atoms with van der Waals surface area (Å²) in [7, 11) is 0. The number of hydrogen-bond donors (Lipinski definition) is 2. The molecule has 1 aromatic rings. The second-order valence-corrected chi connectivity index (χ2v) is 3.89. The van der Waals surface area contributed by atoms with Crippen LogP contribution in [0.4, 0.5) is 0 Å². The maximum atomic E-state index is 11.5. The maximum absolute atomic E-state index is 11.5. The third kappa shape index (κ3) is 3.67. The summed E-state index contributed by atoms with van der Waals surface area (Å²) >= 11 is 4.74. The van der Waals surface area contributed by atoms with Crippen molar-refractivity contribution in [2.75, 3.05) is 0 Å². The fourth-order valence-corrected chi connectivity index (χ4v) is 1.37. The van der Waals surface area contributed by atoms with E-state index < -0.39 is 0 Å². The van der Waals surface area contributed by atoms with E-state index in [9.17, 15) is 4.79 Å². The predicted octanol–water partition coefficient (Wildman–Crippen LogP) is 0.778. The first-order chi connectivity index (χ1) is 6.99. The smallest absolute Gasteiger partial charge is 0.273 e. The van der Waals surface area contributed by atoms with Crippen LogP contribution in [0.1, 0.15) is 29.6 Å². The fourth-order valence-electron chi connectivity index (χ4n) is 1.12. The quantitative estimate of drug-likeness (QED) is 0.743. The fraction of sp³-hybridized carbons (Fsp3) is 0.444. The molecule has 6 heteroatoms. The maximum Gasteiger partial charge on any atom is 0.273 e. The van der Waals surface area contributed by atoms with Crippen LogP contribution in [0.2, 0.25) is 0 Å². The standard InChI is InChI=1S/C9H13N3O2S/c1-5(3-8(10)15)11-9(13)7-4-6(2)14-12-7/h4-5H,3H2,1-2H3,(H2,10,15)(H,11,13). The minimum Gasteiger partial charge on any atom is -0.393 e. The van der Waals surface area contributed by atoms with Gasteiger partial charge in [-0.15, -0.1) is 0 Å². The average Bonchev–Trinajstić information content (AvgIpc) is 2.49. The zero-order valence-electron chi connectivity index (χ0n) is 8.61. The van der Waals surface area contributed by atoms with E-state index in [0.717, 1.165) is 0 Å². The van der Waals surface area contributed by atoms with Crippen LogP contribution in [0, 0.1) is 6.92 Å². The van der Waals surface area contributed by atoms with Gasteiger partial charge in [0.15, 0.2) is 5.69 Å². The Morgan fingerprint density at radius 1 is 1.80 bits per heavy atom. The Bertz CT molecular complexity index is 375. The van der Waals surface area contributed by atoms with Crippen molar-refractivity contribution in [2.24, 2.45) is 5.73 Å². The molecule has 82 valence electrons. The number of hydrogen-bond acceptors (Lipinski definition) is 4. The minimum absolute atomic E-state index is 0.105. The van der Waals surface area contributed by atoms with Crippen molar-refractivity contribution in [1.82, 2.24) is 10.5 Å². The zero-order valence-corrected chi connectivity index (χ0v) is 9.43. The molecule has 1 rings (SSSR count). The van der Waals surface area contributed by atoms with Gasteiger partial charge in [-0.1, -0.05) is 17.4 Å². The Morgan fingerprint density at radius 2 is 2.47 bits per heavy atom. The van der Waals surface area contributed by atoms with Crippen LogP contribution in [0.3, 0.4) is 0 Å². The average molecular weight is 227 g/mol. The van der Waals surface area contributed by atoms with E-state index in [2.05, 4.69) is 10.5 Å². The minimum atomic E-state index is -0.282. The van der Waals surface area contributed by atoms with Crippen molar-refractivity contribution in [3.63, 3.8) is 0 Å². The summed E-state index contributed by atoms with van der Waals surface area (Å²) in [5, 5.41) is 6.31. The van der Waals surface area contributed by atoms with Gasteiger partial charge in [0.1, 0.15) is 5.76 Å². The van der Waals surface area contributed by atoms with Crippen LogP contribution < -0.4 is 11.1 Å². The summed E-state index contributed by atoms with van der Waals surface area (Å²) in [6.45, 7) is 3.55. The topological polar surface area (TPSA) is 81.2 Å². The van der Waals surface area contributed by atoms with Crippen molar-refractivity contribution in [1.29, 1.82) is 0 Å². The zero-order chi connectivity index (χ0) is 11.4. The first-order valence-corrected chi connectivity index (χ1v) is 4.92. The van der Waals surface area contributed by atoms with Gasteiger partial charge in [-0.3, -0.25) is 4.79 Å². The van der Waals surface area contributed by atoms with Crippen molar-refractivity contribution >= 4 is 23.1 Å². The molecular formula is C9H13N3O2S. The molecule has 0 aromatic carbocycles. The molecule has 15 heavy (non-hydrogen) atoms. The first kappa shape index (κ1) is 11.6. The molecule has 1 unspecified atom stereocenters. The van der Waals surface area contributed by atoms with Gasteiger partial charge in [0, 0.05) is 18.5 Å². The molecule has 1 heterocycles. The Labute approximate surface area is 93.0 Å². The van der Waals surface area contributed by atoms with E-state index in [1.807, 2.05) is 6.92 Å². The van der Waals surface area contributed by atoms with Crippen LogP contribution in [0.25, 0.3) is 0 Å². The summed E-state index contributed by atoms with van der Waals surface area (Å²) in [6, 6.07) is 1.47. The van der Waals surface area contributed by atoms with Crippen molar-refractivity contribution in [2.45, 2.75) is 26.3 Å². The van der Waals surface area contributed by atoms with Gasteiger partial charge in [0.25, 0.3) is 5.91 Å².